The van der Waals surface area contributed by atoms with E-state index >= 15 is 0 Å². The lowest BCUT2D eigenvalue weighted by atomic mass is 9.90. The Bertz CT molecular complexity index is 865. The molecule has 154 valence electrons. The quantitative estimate of drug-likeness (QED) is 0.547. The number of para-hydroxylation sites is 1. The van der Waals surface area contributed by atoms with Crippen LogP contribution in [0.5, 0.6) is 0 Å². The summed E-state index contributed by atoms with van der Waals surface area (Å²) in [7, 11) is 1.67. The highest BCUT2D eigenvalue weighted by Gasteiger charge is 2.38. The molecular weight excluding hydrogens is 370 g/mol. The Kier molecular flexibility index (Phi) is 7.47. The maximum absolute atomic E-state index is 12.9. The number of likely N-dealkylation sites (N-methyl/N-ethyl adjacent to an activating group) is 1. The molecule has 0 atom stereocenters. The number of nitrogens with one attached hydrogen (secondary N) is 1. The fourth-order valence-electron chi connectivity index (χ4n) is 2.78. The van der Waals surface area contributed by atoms with Gasteiger partial charge in [-0.05, 0) is 57.0 Å². The summed E-state index contributed by atoms with van der Waals surface area (Å²) < 4.78 is 5.03. The van der Waals surface area contributed by atoms with Crippen molar-refractivity contribution >= 4 is 23.5 Å². The molecule has 1 aromatic heterocycles. The first-order valence-electron chi connectivity index (χ1n) is 9.49. The van der Waals surface area contributed by atoms with E-state index in [1.165, 1.54) is 4.90 Å². The summed E-state index contributed by atoms with van der Waals surface area (Å²) >= 11 is 0. The van der Waals surface area contributed by atoms with Gasteiger partial charge in [0, 0.05) is 26.0 Å². The smallest absolute Gasteiger partial charge is 0.340 e. The van der Waals surface area contributed by atoms with Crippen LogP contribution < -0.4 is 5.32 Å². The number of hydrogen-bond acceptors (Lipinski definition) is 5. The number of benzene rings is 1. The molecule has 1 N–H and O–H groups in total. The number of carbonyl (C=O) groups excluding carboxylic acids is 3. The molecule has 0 aliphatic heterocycles. The normalized spacial score (nSPS) is 10.9. The third-order valence-electron chi connectivity index (χ3n) is 4.60. The van der Waals surface area contributed by atoms with E-state index in [4.69, 9.17) is 4.74 Å². The lowest BCUT2D eigenvalue weighted by Crippen LogP contribution is -2.46. The van der Waals surface area contributed by atoms with E-state index in [1.54, 1.807) is 64.5 Å². The second-order valence-electron chi connectivity index (χ2n) is 7.18. The molecule has 1 aromatic carbocycles. The first-order chi connectivity index (χ1) is 13.8. The average molecular weight is 397 g/mol. The molecule has 7 heteroatoms. The summed E-state index contributed by atoms with van der Waals surface area (Å²) in [5.74, 6) is -1.32. The lowest BCUT2D eigenvalue weighted by molar-refractivity contribution is -0.145. The van der Waals surface area contributed by atoms with E-state index in [-0.39, 0.29) is 18.1 Å². The Hall–Kier alpha value is -3.22. The fraction of sp³-hybridized carbons (Fsp3) is 0.364. The van der Waals surface area contributed by atoms with Gasteiger partial charge in [0.1, 0.15) is 5.41 Å². The van der Waals surface area contributed by atoms with Gasteiger partial charge in [-0.25, -0.2) is 4.79 Å². The minimum absolute atomic E-state index is 0.230. The number of esters is 1. The highest BCUT2D eigenvalue weighted by molar-refractivity contribution is 6.11. The molecule has 0 saturated carbocycles. The van der Waals surface area contributed by atoms with Gasteiger partial charge >= 0.3 is 5.97 Å². The number of ether oxygens (including phenoxy) is 1. The van der Waals surface area contributed by atoms with Crippen LogP contribution in [-0.2, 0) is 20.7 Å². The zero-order valence-corrected chi connectivity index (χ0v) is 17.3. The van der Waals surface area contributed by atoms with Crippen molar-refractivity contribution in [2.24, 2.45) is 5.41 Å². The Balaban J connectivity index is 2.07. The summed E-state index contributed by atoms with van der Waals surface area (Å²) in [6.07, 6.45) is 4.07. The van der Waals surface area contributed by atoms with Gasteiger partial charge in [0.2, 0.25) is 11.8 Å². The minimum atomic E-state index is -1.31. The topological polar surface area (TPSA) is 88.6 Å². The van der Waals surface area contributed by atoms with Crippen molar-refractivity contribution in [2.45, 2.75) is 27.2 Å². The molecule has 0 spiro atoms. The molecule has 0 unspecified atom stereocenters. The van der Waals surface area contributed by atoms with Crippen LogP contribution in [-0.4, -0.2) is 47.9 Å². The van der Waals surface area contributed by atoms with Crippen molar-refractivity contribution in [2.75, 3.05) is 25.5 Å². The number of amides is 2. The highest BCUT2D eigenvalue weighted by Crippen LogP contribution is 2.24. The predicted molar refractivity (Wildman–Crippen MR) is 110 cm³/mol. The summed E-state index contributed by atoms with van der Waals surface area (Å²) in [6, 6.07) is 10.4. The molecule has 0 aliphatic rings. The third kappa shape index (κ3) is 5.63. The Morgan fingerprint density at radius 2 is 1.76 bits per heavy atom. The van der Waals surface area contributed by atoms with Crippen LogP contribution in [0.3, 0.4) is 0 Å². The monoisotopic (exact) mass is 397 g/mol. The number of carbonyl (C=O) groups is 3. The minimum Gasteiger partial charge on any atom is -0.462 e. The molecule has 0 fully saturated rings. The van der Waals surface area contributed by atoms with E-state index < -0.39 is 17.3 Å². The second kappa shape index (κ2) is 9.82. The molecule has 0 aliphatic carbocycles. The number of nitrogens with zero attached hydrogens (tertiary/aromatic N) is 2. The third-order valence-corrected chi connectivity index (χ3v) is 4.60. The number of anilines is 1. The van der Waals surface area contributed by atoms with Crippen molar-refractivity contribution in [1.29, 1.82) is 0 Å². The van der Waals surface area contributed by atoms with Crippen molar-refractivity contribution in [3.05, 3.63) is 59.9 Å². The van der Waals surface area contributed by atoms with Crippen molar-refractivity contribution < 1.29 is 19.1 Å². The first-order valence-corrected chi connectivity index (χ1v) is 9.49. The van der Waals surface area contributed by atoms with E-state index in [1.807, 2.05) is 12.1 Å². The second-order valence-corrected chi connectivity index (χ2v) is 7.18. The van der Waals surface area contributed by atoms with Gasteiger partial charge < -0.3 is 15.0 Å². The molecule has 7 nitrogen and oxygen atoms in total. The average Bonchev–Trinajstić information content (AvgIpc) is 2.72. The van der Waals surface area contributed by atoms with Crippen LogP contribution in [0.4, 0.5) is 5.69 Å². The maximum atomic E-state index is 12.9. The molecule has 0 bridgehead atoms. The van der Waals surface area contributed by atoms with Crippen LogP contribution in [0.15, 0.2) is 48.8 Å². The molecular formula is C22H27N3O4. The maximum Gasteiger partial charge on any atom is 0.340 e. The Morgan fingerprint density at radius 3 is 2.41 bits per heavy atom. The summed E-state index contributed by atoms with van der Waals surface area (Å²) in [5.41, 5.74) is 0.313. The fourth-order valence-corrected chi connectivity index (χ4v) is 2.78. The molecule has 1 heterocycles. The zero-order chi connectivity index (χ0) is 21.4. The standard InChI is InChI=1S/C22H27N3O4/c1-5-29-19(26)17-8-6-7-9-18(17)24-20(27)22(2,3)21(28)25(4)15-12-16-10-13-23-14-11-16/h6-11,13-14H,5,12,15H2,1-4H3,(H,24,27). The summed E-state index contributed by atoms with van der Waals surface area (Å²) in [4.78, 5) is 43.4. The number of pyridine rings is 1. The van der Waals surface area contributed by atoms with E-state index in [0.717, 1.165) is 5.56 Å². The number of hydrogen-bond donors (Lipinski definition) is 1. The van der Waals surface area contributed by atoms with Crippen molar-refractivity contribution in [1.82, 2.24) is 9.88 Å². The summed E-state index contributed by atoms with van der Waals surface area (Å²) in [6.45, 7) is 5.55. The van der Waals surface area contributed by atoms with Gasteiger partial charge in [0.25, 0.3) is 0 Å². The number of rotatable bonds is 8. The van der Waals surface area contributed by atoms with Crippen LogP contribution in [0, 0.1) is 5.41 Å². The van der Waals surface area contributed by atoms with Crippen molar-refractivity contribution in [3.8, 4) is 0 Å². The van der Waals surface area contributed by atoms with Gasteiger partial charge in [0.15, 0.2) is 0 Å². The molecule has 0 saturated heterocycles. The number of aromatic nitrogens is 1. The van der Waals surface area contributed by atoms with Gasteiger partial charge in [0.05, 0.1) is 17.9 Å². The van der Waals surface area contributed by atoms with Crippen molar-refractivity contribution in [3.63, 3.8) is 0 Å². The van der Waals surface area contributed by atoms with Gasteiger partial charge in [-0.3, -0.25) is 14.6 Å². The van der Waals surface area contributed by atoms with Gasteiger partial charge in [-0.1, -0.05) is 12.1 Å². The predicted octanol–water partition coefficient (Wildman–Crippen LogP) is 2.92. The van der Waals surface area contributed by atoms with Crippen LogP contribution in [0.25, 0.3) is 0 Å². The summed E-state index contributed by atoms with van der Waals surface area (Å²) in [5, 5.41) is 2.70. The van der Waals surface area contributed by atoms with E-state index in [2.05, 4.69) is 10.3 Å². The van der Waals surface area contributed by atoms with E-state index in [0.29, 0.717) is 18.7 Å². The van der Waals surface area contributed by atoms with Gasteiger partial charge in [-0.2, -0.15) is 0 Å². The zero-order valence-electron chi connectivity index (χ0n) is 17.3. The molecule has 0 radical (unpaired) electrons. The molecule has 29 heavy (non-hydrogen) atoms. The lowest BCUT2D eigenvalue weighted by Gasteiger charge is -2.28. The van der Waals surface area contributed by atoms with Gasteiger partial charge in [-0.15, -0.1) is 0 Å². The SMILES string of the molecule is CCOC(=O)c1ccccc1NC(=O)C(C)(C)C(=O)N(C)CCc1ccncc1. The molecule has 2 amide bonds. The van der Waals surface area contributed by atoms with Crippen LogP contribution in [0.2, 0.25) is 0 Å². The first kappa shape index (κ1) is 22.1. The Morgan fingerprint density at radius 1 is 1.10 bits per heavy atom. The van der Waals surface area contributed by atoms with Crippen LogP contribution >= 0.6 is 0 Å². The molecule has 2 rings (SSSR count). The van der Waals surface area contributed by atoms with E-state index in [9.17, 15) is 14.4 Å². The van der Waals surface area contributed by atoms with Crippen LogP contribution in [0.1, 0.15) is 36.7 Å². The Labute approximate surface area is 171 Å². The molecule has 2 aromatic rings. The highest BCUT2D eigenvalue weighted by atomic mass is 16.5. The largest absolute Gasteiger partial charge is 0.462 e.